The molecular formula is C13H19N3O. The van der Waals surface area contributed by atoms with Crippen LogP contribution in [0.25, 0.3) is 0 Å². The number of rotatable bonds is 0. The number of fused-ring (bicyclic) bond motifs is 2. The molecule has 0 aliphatic carbocycles. The van der Waals surface area contributed by atoms with Crippen molar-refractivity contribution in [3.8, 4) is 0 Å². The molecule has 17 heavy (non-hydrogen) atoms. The Morgan fingerprint density at radius 1 is 1.24 bits per heavy atom. The van der Waals surface area contributed by atoms with Crippen molar-refractivity contribution >= 4 is 0 Å². The third-order valence-corrected chi connectivity index (χ3v) is 3.85. The fourth-order valence-corrected chi connectivity index (χ4v) is 2.70. The molecule has 0 amide bonds. The van der Waals surface area contributed by atoms with E-state index < -0.39 is 0 Å². The fraction of sp³-hybridized carbons (Fsp3) is 0.692. The van der Waals surface area contributed by atoms with Crippen LogP contribution < -0.4 is 5.56 Å². The fourth-order valence-electron chi connectivity index (χ4n) is 2.70. The molecule has 3 rings (SSSR count). The first kappa shape index (κ1) is 11.0. The first-order chi connectivity index (χ1) is 7.97. The van der Waals surface area contributed by atoms with Crippen LogP contribution in [0.4, 0.5) is 0 Å². The highest BCUT2D eigenvalue weighted by Gasteiger charge is 2.32. The molecule has 0 spiro atoms. The molecule has 0 radical (unpaired) electrons. The first-order valence-electron chi connectivity index (χ1n) is 6.33. The smallest absolute Gasteiger partial charge is 0.258 e. The number of hydrogen-bond acceptors (Lipinski definition) is 3. The monoisotopic (exact) mass is 233 g/mol. The van der Waals surface area contributed by atoms with E-state index in [0.29, 0.717) is 0 Å². The van der Waals surface area contributed by atoms with Crippen LogP contribution in [-0.4, -0.2) is 20.0 Å². The van der Waals surface area contributed by atoms with Gasteiger partial charge in [-0.05, 0) is 27.2 Å². The van der Waals surface area contributed by atoms with Gasteiger partial charge in [0.15, 0.2) is 0 Å². The Balaban J connectivity index is 2.05. The molecule has 2 aliphatic heterocycles. The van der Waals surface area contributed by atoms with Crippen LogP contribution in [0.15, 0.2) is 4.79 Å². The van der Waals surface area contributed by atoms with Crippen molar-refractivity contribution in [1.82, 2.24) is 14.5 Å². The molecule has 0 aromatic carbocycles. The molecule has 92 valence electrons. The zero-order valence-electron chi connectivity index (χ0n) is 10.8. The average Bonchev–Trinajstić information content (AvgIpc) is 2.82. The second-order valence-electron chi connectivity index (χ2n) is 6.04. The number of aromatic nitrogens is 2. The average molecular weight is 233 g/mol. The lowest BCUT2D eigenvalue weighted by atomic mass is 10.1. The van der Waals surface area contributed by atoms with E-state index in [2.05, 4.69) is 30.7 Å². The summed E-state index contributed by atoms with van der Waals surface area (Å²) in [7, 11) is 0. The standard InChI is InChI=1S/C13H19N3O/c1-13(2,3)15-7-9-10(8-15)14-11-5-4-6-16(11)12(9)17/h4-8H2,1-3H3. The maximum atomic E-state index is 12.3. The quantitative estimate of drug-likeness (QED) is 0.678. The SMILES string of the molecule is CC(C)(C)N1Cc2nc3n(c(=O)c2C1)CCC3. The van der Waals surface area contributed by atoms with Crippen LogP contribution in [0.3, 0.4) is 0 Å². The van der Waals surface area contributed by atoms with E-state index in [-0.39, 0.29) is 11.1 Å². The van der Waals surface area contributed by atoms with Crippen LogP contribution in [0.1, 0.15) is 44.3 Å². The molecule has 2 aliphatic rings. The van der Waals surface area contributed by atoms with Crippen molar-refractivity contribution < 1.29 is 0 Å². The molecule has 0 unspecified atom stereocenters. The Morgan fingerprint density at radius 3 is 2.71 bits per heavy atom. The van der Waals surface area contributed by atoms with Gasteiger partial charge in [-0.25, -0.2) is 4.98 Å². The lowest BCUT2D eigenvalue weighted by molar-refractivity contribution is 0.135. The molecule has 0 saturated carbocycles. The Bertz CT molecular complexity index is 525. The summed E-state index contributed by atoms with van der Waals surface area (Å²) in [6.45, 7) is 8.98. The first-order valence-corrected chi connectivity index (χ1v) is 6.33. The van der Waals surface area contributed by atoms with E-state index in [9.17, 15) is 4.79 Å². The highest BCUT2D eigenvalue weighted by molar-refractivity contribution is 5.24. The minimum atomic E-state index is 0.0995. The molecular weight excluding hydrogens is 214 g/mol. The van der Waals surface area contributed by atoms with Crippen LogP contribution in [0.5, 0.6) is 0 Å². The minimum Gasteiger partial charge on any atom is -0.296 e. The number of hydrogen-bond donors (Lipinski definition) is 0. The molecule has 0 bridgehead atoms. The zero-order chi connectivity index (χ0) is 12.2. The summed E-state index contributed by atoms with van der Waals surface area (Å²) >= 11 is 0. The molecule has 0 atom stereocenters. The van der Waals surface area contributed by atoms with E-state index >= 15 is 0 Å². The van der Waals surface area contributed by atoms with Gasteiger partial charge in [-0.2, -0.15) is 0 Å². The Morgan fingerprint density at radius 2 is 2.00 bits per heavy atom. The Hall–Kier alpha value is -1.16. The summed E-state index contributed by atoms with van der Waals surface area (Å²) in [5.41, 5.74) is 2.24. The number of nitrogens with zero attached hydrogens (tertiary/aromatic N) is 3. The van der Waals surface area contributed by atoms with Crippen LogP contribution in [0, 0.1) is 0 Å². The van der Waals surface area contributed by atoms with Crippen molar-refractivity contribution in [2.75, 3.05) is 0 Å². The van der Waals surface area contributed by atoms with Gasteiger partial charge in [0.2, 0.25) is 0 Å². The normalized spacial score (nSPS) is 19.5. The summed E-state index contributed by atoms with van der Waals surface area (Å²) in [5, 5.41) is 0. The Labute approximate surface area is 101 Å². The largest absolute Gasteiger partial charge is 0.296 e. The van der Waals surface area contributed by atoms with Gasteiger partial charge in [-0.3, -0.25) is 14.3 Å². The second-order valence-corrected chi connectivity index (χ2v) is 6.04. The Kier molecular flexibility index (Phi) is 2.20. The zero-order valence-corrected chi connectivity index (χ0v) is 10.8. The van der Waals surface area contributed by atoms with Gasteiger partial charge in [0, 0.05) is 31.6 Å². The van der Waals surface area contributed by atoms with Gasteiger partial charge in [-0.1, -0.05) is 0 Å². The van der Waals surface area contributed by atoms with E-state index in [1.54, 1.807) is 0 Å². The lowest BCUT2D eigenvalue weighted by Gasteiger charge is -2.30. The summed E-state index contributed by atoms with van der Waals surface area (Å²) in [4.78, 5) is 19.3. The predicted molar refractivity (Wildman–Crippen MR) is 65.8 cm³/mol. The van der Waals surface area contributed by atoms with Gasteiger partial charge in [0.25, 0.3) is 5.56 Å². The molecule has 4 nitrogen and oxygen atoms in total. The van der Waals surface area contributed by atoms with Crippen molar-refractivity contribution in [3.05, 3.63) is 27.4 Å². The van der Waals surface area contributed by atoms with Crippen molar-refractivity contribution in [1.29, 1.82) is 0 Å². The van der Waals surface area contributed by atoms with E-state index in [0.717, 1.165) is 49.6 Å². The van der Waals surface area contributed by atoms with Gasteiger partial charge >= 0.3 is 0 Å². The lowest BCUT2D eigenvalue weighted by Crippen LogP contribution is -2.37. The third-order valence-electron chi connectivity index (χ3n) is 3.85. The van der Waals surface area contributed by atoms with Crippen LogP contribution in [-0.2, 0) is 26.1 Å². The second kappa shape index (κ2) is 3.42. The molecule has 0 fully saturated rings. The highest BCUT2D eigenvalue weighted by atomic mass is 16.1. The summed E-state index contributed by atoms with van der Waals surface area (Å²) in [6.07, 6.45) is 2.02. The van der Waals surface area contributed by atoms with E-state index in [4.69, 9.17) is 0 Å². The molecule has 0 N–H and O–H groups in total. The van der Waals surface area contributed by atoms with Crippen molar-refractivity contribution in [3.63, 3.8) is 0 Å². The van der Waals surface area contributed by atoms with Crippen molar-refractivity contribution in [2.24, 2.45) is 0 Å². The minimum absolute atomic E-state index is 0.0995. The summed E-state index contributed by atoms with van der Waals surface area (Å²) in [5.74, 6) is 0.990. The highest BCUT2D eigenvalue weighted by Crippen LogP contribution is 2.27. The van der Waals surface area contributed by atoms with Gasteiger partial charge < -0.3 is 0 Å². The molecule has 1 aromatic rings. The van der Waals surface area contributed by atoms with Crippen LogP contribution in [0.2, 0.25) is 0 Å². The van der Waals surface area contributed by atoms with E-state index in [1.165, 1.54) is 0 Å². The molecule has 0 saturated heterocycles. The molecule has 3 heterocycles. The number of aryl methyl sites for hydroxylation is 1. The van der Waals surface area contributed by atoms with Crippen molar-refractivity contribution in [2.45, 2.75) is 58.8 Å². The van der Waals surface area contributed by atoms with Gasteiger partial charge in [-0.15, -0.1) is 0 Å². The maximum Gasteiger partial charge on any atom is 0.258 e. The molecule has 4 heteroatoms. The maximum absolute atomic E-state index is 12.3. The summed E-state index contributed by atoms with van der Waals surface area (Å²) < 4.78 is 1.87. The molecule has 1 aromatic heterocycles. The van der Waals surface area contributed by atoms with E-state index in [1.807, 2.05) is 4.57 Å². The predicted octanol–water partition coefficient (Wildman–Crippen LogP) is 1.30. The van der Waals surface area contributed by atoms with Gasteiger partial charge in [0.05, 0.1) is 11.3 Å². The van der Waals surface area contributed by atoms with Gasteiger partial charge in [0.1, 0.15) is 5.82 Å². The topological polar surface area (TPSA) is 38.1 Å². The third kappa shape index (κ3) is 1.62. The van der Waals surface area contributed by atoms with Crippen LogP contribution >= 0.6 is 0 Å². The summed E-state index contributed by atoms with van der Waals surface area (Å²) in [6, 6.07) is 0.